The van der Waals surface area contributed by atoms with Crippen molar-refractivity contribution in [2.75, 3.05) is 0 Å². The second-order valence-electron chi connectivity index (χ2n) is 10.5. The second-order valence-corrected chi connectivity index (χ2v) is 10.5. The summed E-state index contributed by atoms with van der Waals surface area (Å²) in [7, 11) is 0. The summed E-state index contributed by atoms with van der Waals surface area (Å²) in [6.07, 6.45) is 0.981. The summed E-state index contributed by atoms with van der Waals surface area (Å²) in [5, 5.41) is 7.94. The van der Waals surface area contributed by atoms with Crippen LogP contribution in [0.3, 0.4) is 0 Å². The van der Waals surface area contributed by atoms with Crippen molar-refractivity contribution < 1.29 is 26.3 Å². The van der Waals surface area contributed by atoms with Gasteiger partial charge in [0.25, 0.3) is 5.56 Å². The molecule has 1 saturated carbocycles. The van der Waals surface area contributed by atoms with Crippen LogP contribution >= 0.6 is 0 Å². The van der Waals surface area contributed by atoms with Gasteiger partial charge in [-0.05, 0) is 79.8 Å². The van der Waals surface area contributed by atoms with Crippen molar-refractivity contribution in [3.8, 4) is 11.3 Å². The average molecular weight is 576 g/mol. The lowest BCUT2D eigenvalue weighted by Gasteiger charge is -2.30. The highest BCUT2D eigenvalue weighted by Crippen LogP contribution is 2.42. The maximum atomic E-state index is 14.6. The minimum atomic E-state index is -4.70. The van der Waals surface area contributed by atoms with Crippen molar-refractivity contribution in [3.63, 3.8) is 0 Å². The minimum absolute atomic E-state index is 0.0381. The molecule has 5 rings (SSSR count). The number of rotatable bonds is 6. The fourth-order valence-corrected chi connectivity index (χ4v) is 5.59. The number of alkyl halides is 5. The van der Waals surface area contributed by atoms with Crippen LogP contribution in [0.2, 0.25) is 0 Å². The van der Waals surface area contributed by atoms with Gasteiger partial charge < -0.3 is 0 Å². The molecular formula is C29H27F6N5O. The number of halogens is 6. The molecule has 4 aromatic rings. The molecule has 0 spiro atoms. The third kappa shape index (κ3) is 5.91. The van der Waals surface area contributed by atoms with Crippen LogP contribution in [0, 0.1) is 12.7 Å². The van der Waals surface area contributed by atoms with E-state index in [9.17, 15) is 31.1 Å². The molecule has 1 aromatic carbocycles. The van der Waals surface area contributed by atoms with Gasteiger partial charge in [0.1, 0.15) is 5.82 Å². The van der Waals surface area contributed by atoms with E-state index in [1.807, 2.05) is 13.0 Å². The Morgan fingerprint density at radius 3 is 2.34 bits per heavy atom. The van der Waals surface area contributed by atoms with Crippen LogP contribution in [-0.2, 0) is 18.8 Å². The molecule has 3 aromatic heterocycles. The van der Waals surface area contributed by atoms with Crippen LogP contribution in [0.15, 0.2) is 59.8 Å². The number of hydrogen-bond acceptors (Lipinski definition) is 4. The molecule has 41 heavy (non-hydrogen) atoms. The highest BCUT2D eigenvalue weighted by molar-refractivity contribution is 5.57. The van der Waals surface area contributed by atoms with E-state index in [1.165, 1.54) is 18.3 Å². The Morgan fingerprint density at radius 1 is 1.00 bits per heavy atom. The fraction of sp³-hybridized carbons (Fsp3) is 0.379. The highest BCUT2D eigenvalue weighted by Gasteiger charge is 2.35. The summed E-state index contributed by atoms with van der Waals surface area (Å²) in [5.74, 6) is -0.598. The van der Waals surface area contributed by atoms with Crippen molar-refractivity contribution in [1.82, 2.24) is 24.5 Å². The summed E-state index contributed by atoms with van der Waals surface area (Å²) in [6.45, 7) is 1.95. The molecule has 6 nitrogen and oxygen atoms in total. The molecule has 0 radical (unpaired) electrons. The summed E-state index contributed by atoms with van der Waals surface area (Å²) >= 11 is 0. The number of hydrogen-bond donors (Lipinski definition) is 0. The standard InChI is InChI=1S/C29H27F6N5O/c1-17-5-3-7-23(30)26(17)19-10-8-18(9-11-19)21-13-24(20-14-37-40(15-20)28(2,31)32)38-39(27(21)41)16-25-22(29(33,34)35)6-4-12-36-25/h3-7,12-15,18-19H,8-11,16H2,1-2H3. The number of pyridine rings is 1. The fourth-order valence-electron chi connectivity index (χ4n) is 5.59. The Bertz CT molecular complexity index is 1590. The Kier molecular flexibility index (Phi) is 7.52. The normalized spacial score (nSPS) is 18.0. The van der Waals surface area contributed by atoms with Gasteiger partial charge >= 0.3 is 12.2 Å². The number of aromatic nitrogens is 5. The van der Waals surface area contributed by atoms with Crippen LogP contribution in [0.25, 0.3) is 11.3 Å². The zero-order chi connectivity index (χ0) is 29.5. The molecule has 1 aliphatic rings. The minimum Gasteiger partial charge on any atom is -0.267 e. The first-order valence-corrected chi connectivity index (χ1v) is 13.1. The lowest BCUT2D eigenvalue weighted by Crippen LogP contribution is -2.31. The first-order chi connectivity index (χ1) is 19.3. The quantitative estimate of drug-likeness (QED) is 0.232. The van der Waals surface area contributed by atoms with Crippen molar-refractivity contribution in [2.24, 2.45) is 0 Å². The van der Waals surface area contributed by atoms with E-state index in [0.717, 1.165) is 34.8 Å². The Labute approximate surface area is 231 Å². The molecule has 0 amide bonds. The predicted octanol–water partition coefficient (Wildman–Crippen LogP) is 7.03. The SMILES string of the molecule is Cc1cccc(F)c1C1CCC(c2cc(-c3cnn(C(C)(F)F)c3)nn(Cc3ncccc3C(F)(F)F)c2=O)CC1. The molecule has 12 heteroatoms. The van der Waals surface area contributed by atoms with Crippen LogP contribution < -0.4 is 5.56 Å². The van der Waals surface area contributed by atoms with E-state index in [0.29, 0.717) is 48.4 Å². The topological polar surface area (TPSA) is 65.6 Å². The van der Waals surface area contributed by atoms with Gasteiger partial charge in [0.05, 0.1) is 29.7 Å². The van der Waals surface area contributed by atoms with Crippen LogP contribution in [0.4, 0.5) is 26.3 Å². The molecule has 216 valence electrons. The average Bonchev–Trinajstić information content (AvgIpc) is 3.41. The van der Waals surface area contributed by atoms with E-state index in [-0.39, 0.29) is 28.9 Å². The summed E-state index contributed by atoms with van der Waals surface area (Å²) in [4.78, 5) is 17.5. The molecule has 1 aliphatic carbocycles. The van der Waals surface area contributed by atoms with Crippen LogP contribution in [0.1, 0.15) is 72.4 Å². The maximum Gasteiger partial charge on any atom is 0.418 e. The van der Waals surface area contributed by atoms with Crippen molar-refractivity contribution in [3.05, 3.63) is 99.1 Å². The first kappa shape index (κ1) is 28.6. The van der Waals surface area contributed by atoms with Gasteiger partial charge in [-0.15, -0.1) is 0 Å². The molecule has 0 bridgehead atoms. The Hall–Kier alpha value is -3.96. The molecule has 0 atom stereocenters. The lowest BCUT2D eigenvalue weighted by molar-refractivity contribution is -0.138. The smallest absolute Gasteiger partial charge is 0.267 e. The van der Waals surface area contributed by atoms with Gasteiger partial charge in [0.15, 0.2) is 0 Å². The number of benzene rings is 1. The molecule has 0 aliphatic heterocycles. The van der Waals surface area contributed by atoms with E-state index in [2.05, 4.69) is 15.2 Å². The van der Waals surface area contributed by atoms with Crippen molar-refractivity contribution in [2.45, 2.75) is 70.1 Å². The summed E-state index contributed by atoms with van der Waals surface area (Å²) in [5.41, 5.74) is 0.113. The van der Waals surface area contributed by atoms with Crippen molar-refractivity contribution >= 4 is 0 Å². The third-order valence-electron chi connectivity index (χ3n) is 7.62. The Balaban J connectivity index is 1.53. The number of nitrogens with zero attached hydrogens (tertiary/aromatic N) is 5. The molecule has 0 unspecified atom stereocenters. The largest absolute Gasteiger partial charge is 0.418 e. The predicted molar refractivity (Wildman–Crippen MR) is 139 cm³/mol. The van der Waals surface area contributed by atoms with E-state index < -0.39 is 35.6 Å². The zero-order valence-corrected chi connectivity index (χ0v) is 22.3. The molecule has 0 saturated heterocycles. The van der Waals surface area contributed by atoms with Gasteiger partial charge in [-0.25, -0.2) is 13.8 Å². The molecule has 3 heterocycles. The van der Waals surface area contributed by atoms with E-state index in [1.54, 1.807) is 6.07 Å². The van der Waals surface area contributed by atoms with Gasteiger partial charge in [0, 0.05) is 30.4 Å². The monoisotopic (exact) mass is 575 g/mol. The molecule has 0 N–H and O–H groups in total. The molecule has 1 fully saturated rings. The lowest BCUT2D eigenvalue weighted by atomic mass is 9.75. The van der Waals surface area contributed by atoms with Crippen LogP contribution in [-0.4, -0.2) is 24.5 Å². The van der Waals surface area contributed by atoms with Crippen LogP contribution in [0.5, 0.6) is 0 Å². The number of aryl methyl sites for hydroxylation is 1. The second kappa shape index (κ2) is 10.8. The van der Waals surface area contributed by atoms with Gasteiger partial charge in [-0.2, -0.15) is 32.1 Å². The summed E-state index contributed by atoms with van der Waals surface area (Å²) < 4.78 is 84.6. The molecular weight excluding hydrogens is 548 g/mol. The van der Waals surface area contributed by atoms with Gasteiger partial charge in [0.2, 0.25) is 0 Å². The summed E-state index contributed by atoms with van der Waals surface area (Å²) in [6, 6.07) is 5.16. The van der Waals surface area contributed by atoms with Crippen molar-refractivity contribution in [1.29, 1.82) is 0 Å². The zero-order valence-electron chi connectivity index (χ0n) is 22.3. The first-order valence-electron chi connectivity index (χ1n) is 13.1. The van der Waals surface area contributed by atoms with Gasteiger partial charge in [-0.1, -0.05) is 12.1 Å². The van der Waals surface area contributed by atoms with Gasteiger partial charge in [-0.3, -0.25) is 9.78 Å². The Morgan fingerprint density at radius 2 is 1.71 bits per heavy atom. The van der Waals surface area contributed by atoms with E-state index in [4.69, 9.17) is 0 Å². The third-order valence-corrected chi connectivity index (χ3v) is 7.62. The van der Waals surface area contributed by atoms with E-state index >= 15 is 0 Å². The highest BCUT2D eigenvalue weighted by atomic mass is 19.4. The maximum absolute atomic E-state index is 14.6.